The third kappa shape index (κ3) is 2.80. The topological polar surface area (TPSA) is 84.6 Å². The van der Waals surface area contributed by atoms with E-state index in [-0.39, 0.29) is 22.7 Å². The van der Waals surface area contributed by atoms with Gasteiger partial charge in [-0.3, -0.25) is 4.79 Å². The first kappa shape index (κ1) is 13.7. The zero-order valence-electron chi connectivity index (χ0n) is 10.7. The van der Waals surface area contributed by atoms with Crippen LogP contribution in [0.25, 0.3) is 0 Å². The molecule has 6 heteroatoms. The van der Waals surface area contributed by atoms with Crippen molar-refractivity contribution in [2.75, 3.05) is 18.2 Å². The second-order valence-corrected chi connectivity index (χ2v) is 4.07. The molecule has 20 heavy (non-hydrogen) atoms. The number of phenols is 1. The van der Waals surface area contributed by atoms with Crippen LogP contribution in [0.4, 0.5) is 15.8 Å². The molecule has 0 bridgehead atoms. The standard InChI is InChI=1S/C14H13FN2O3/c1-20-9-3-4-10(13(18)7-9)14(19)17-8-2-5-12(16)11(15)6-8/h2-7,18H,16H2,1H3,(H,17,19). The minimum Gasteiger partial charge on any atom is -0.507 e. The lowest BCUT2D eigenvalue weighted by molar-refractivity contribution is 0.102. The molecule has 2 aromatic carbocycles. The molecule has 0 aromatic heterocycles. The second-order valence-electron chi connectivity index (χ2n) is 4.07. The van der Waals surface area contributed by atoms with E-state index in [0.29, 0.717) is 5.75 Å². The Balaban J connectivity index is 2.21. The molecule has 1 amide bonds. The molecule has 0 spiro atoms. The van der Waals surface area contributed by atoms with Crippen molar-refractivity contribution in [3.63, 3.8) is 0 Å². The van der Waals surface area contributed by atoms with Gasteiger partial charge < -0.3 is 20.9 Å². The minimum atomic E-state index is -0.623. The number of nitrogens with two attached hydrogens (primary N) is 1. The molecular weight excluding hydrogens is 263 g/mol. The van der Waals surface area contributed by atoms with Crippen LogP contribution < -0.4 is 15.8 Å². The van der Waals surface area contributed by atoms with Gasteiger partial charge >= 0.3 is 0 Å². The van der Waals surface area contributed by atoms with Gasteiger partial charge in [0.05, 0.1) is 18.4 Å². The largest absolute Gasteiger partial charge is 0.507 e. The fraction of sp³-hybridized carbons (Fsp3) is 0.0714. The predicted molar refractivity (Wildman–Crippen MR) is 73.4 cm³/mol. The zero-order valence-corrected chi connectivity index (χ0v) is 10.7. The summed E-state index contributed by atoms with van der Waals surface area (Å²) in [6.45, 7) is 0. The van der Waals surface area contributed by atoms with Crippen LogP contribution in [0.5, 0.6) is 11.5 Å². The SMILES string of the molecule is COc1ccc(C(=O)Nc2ccc(N)c(F)c2)c(O)c1. The normalized spacial score (nSPS) is 10.1. The first-order valence-corrected chi connectivity index (χ1v) is 5.74. The Bertz CT molecular complexity index is 659. The number of amides is 1. The minimum absolute atomic E-state index is 0.00436. The number of halogens is 1. The number of nitrogen functional groups attached to an aromatic ring is 1. The Labute approximate surface area is 114 Å². The van der Waals surface area contributed by atoms with Crippen molar-refractivity contribution in [2.24, 2.45) is 0 Å². The molecule has 0 heterocycles. The number of phenolic OH excluding ortho intramolecular Hbond substituents is 1. The molecule has 0 aliphatic rings. The molecule has 0 saturated carbocycles. The third-order valence-corrected chi connectivity index (χ3v) is 2.71. The van der Waals surface area contributed by atoms with Crippen molar-refractivity contribution < 1.29 is 19.0 Å². The van der Waals surface area contributed by atoms with Gasteiger partial charge in [-0.2, -0.15) is 0 Å². The lowest BCUT2D eigenvalue weighted by atomic mass is 10.1. The number of carbonyl (C=O) groups is 1. The maximum atomic E-state index is 13.3. The number of hydrogen-bond donors (Lipinski definition) is 3. The lowest BCUT2D eigenvalue weighted by Gasteiger charge is -2.08. The highest BCUT2D eigenvalue weighted by atomic mass is 19.1. The van der Waals surface area contributed by atoms with E-state index in [1.807, 2.05) is 0 Å². The average molecular weight is 276 g/mol. The molecule has 5 nitrogen and oxygen atoms in total. The molecule has 4 N–H and O–H groups in total. The van der Waals surface area contributed by atoms with Gasteiger partial charge in [0.2, 0.25) is 0 Å². The Morgan fingerprint density at radius 3 is 2.65 bits per heavy atom. The van der Waals surface area contributed by atoms with E-state index >= 15 is 0 Å². The lowest BCUT2D eigenvalue weighted by Crippen LogP contribution is -2.12. The van der Waals surface area contributed by atoms with Gasteiger partial charge in [0, 0.05) is 11.8 Å². The van der Waals surface area contributed by atoms with Crippen LogP contribution in [0.1, 0.15) is 10.4 Å². The number of nitrogens with one attached hydrogen (secondary N) is 1. The van der Waals surface area contributed by atoms with Gasteiger partial charge in [-0.1, -0.05) is 0 Å². The molecule has 0 saturated heterocycles. The number of anilines is 2. The van der Waals surface area contributed by atoms with Crippen LogP contribution >= 0.6 is 0 Å². The van der Waals surface area contributed by atoms with E-state index in [1.165, 1.54) is 37.4 Å². The Kier molecular flexibility index (Phi) is 3.74. The first-order chi connectivity index (χ1) is 9.51. The summed E-state index contributed by atoms with van der Waals surface area (Å²) in [7, 11) is 1.45. The molecule has 0 unspecified atom stereocenters. The Morgan fingerprint density at radius 1 is 1.30 bits per heavy atom. The van der Waals surface area contributed by atoms with Crippen LogP contribution in [-0.4, -0.2) is 18.1 Å². The number of hydrogen-bond acceptors (Lipinski definition) is 4. The molecule has 2 rings (SSSR count). The number of benzene rings is 2. The van der Waals surface area contributed by atoms with Gasteiger partial charge in [-0.05, 0) is 30.3 Å². The van der Waals surface area contributed by atoms with Crippen molar-refractivity contribution in [1.29, 1.82) is 0 Å². The number of aromatic hydroxyl groups is 1. The van der Waals surface area contributed by atoms with E-state index in [9.17, 15) is 14.3 Å². The monoisotopic (exact) mass is 276 g/mol. The Morgan fingerprint density at radius 2 is 2.05 bits per heavy atom. The summed E-state index contributed by atoms with van der Waals surface area (Å²) in [6, 6.07) is 8.19. The van der Waals surface area contributed by atoms with Crippen molar-refractivity contribution in [1.82, 2.24) is 0 Å². The fourth-order valence-electron chi connectivity index (χ4n) is 1.63. The molecule has 0 fully saturated rings. The van der Waals surface area contributed by atoms with Gasteiger partial charge in [0.1, 0.15) is 17.3 Å². The molecule has 0 aliphatic carbocycles. The Hall–Kier alpha value is -2.76. The summed E-state index contributed by atoms with van der Waals surface area (Å²) in [5, 5.41) is 12.2. The van der Waals surface area contributed by atoms with Gasteiger partial charge in [-0.25, -0.2) is 4.39 Å². The molecule has 104 valence electrons. The number of methoxy groups -OCH3 is 1. The van der Waals surface area contributed by atoms with E-state index in [4.69, 9.17) is 10.5 Å². The molecule has 0 atom stereocenters. The van der Waals surface area contributed by atoms with Gasteiger partial charge in [0.25, 0.3) is 5.91 Å². The quantitative estimate of drug-likeness (QED) is 0.751. The van der Waals surface area contributed by atoms with Gasteiger partial charge in [0.15, 0.2) is 0 Å². The molecule has 0 aliphatic heterocycles. The van der Waals surface area contributed by atoms with E-state index in [0.717, 1.165) is 6.07 Å². The van der Waals surface area contributed by atoms with Crippen LogP contribution in [0.3, 0.4) is 0 Å². The summed E-state index contributed by atoms with van der Waals surface area (Å²) < 4.78 is 18.2. The van der Waals surface area contributed by atoms with Crippen LogP contribution in [0, 0.1) is 5.82 Å². The second kappa shape index (κ2) is 5.48. The maximum absolute atomic E-state index is 13.3. The fourth-order valence-corrected chi connectivity index (χ4v) is 1.63. The van der Waals surface area contributed by atoms with Crippen LogP contribution in [0.2, 0.25) is 0 Å². The van der Waals surface area contributed by atoms with Crippen molar-refractivity contribution in [3.8, 4) is 11.5 Å². The highest BCUT2D eigenvalue weighted by Gasteiger charge is 2.12. The van der Waals surface area contributed by atoms with Crippen molar-refractivity contribution in [2.45, 2.75) is 0 Å². The highest BCUT2D eigenvalue weighted by Crippen LogP contribution is 2.24. The summed E-state index contributed by atoms with van der Waals surface area (Å²) in [5.74, 6) is -0.980. The predicted octanol–water partition coefficient (Wildman–Crippen LogP) is 2.37. The third-order valence-electron chi connectivity index (χ3n) is 2.71. The van der Waals surface area contributed by atoms with Crippen LogP contribution in [0.15, 0.2) is 36.4 Å². The van der Waals surface area contributed by atoms with Crippen molar-refractivity contribution in [3.05, 3.63) is 47.8 Å². The molecule has 0 radical (unpaired) electrons. The van der Waals surface area contributed by atoms with E-state index < -0.39 is 11.7 Å². The average Bonchev–Trinajstić information content (AvgIpc) is 2.42. The number of carbonyl (C=O) groups excluding carboxylic acids is 1. The van der Waals surface area contributed by atoms with E-state index in [2.05, 4.69) is 5.32 Å². The molecule has 2 aromatic rings. The molecular formula is C14H13FN2O3. The van der Waals surface area contributed by atoms with Gasteiger partial charge in [-0.15, -0.1) is 0 Å². The number of ether oxygens (including phenoxy) is 1. The smallest absolute Gasteiger partial charge is 0.259 e. The van der Waals surface area contributed by atoms with Crippen LogP contribution in [-0.2, 0) is 0 Å². The zero-order chi connectivity index (χ0) is 14.7. The maximum Gasteiger partial charge on any atom is 0.259 e. The van der Waals surface area contributed by atoms with Crippen molar-refractivity contribution >= 4 is 17.3 Å². The summed E-state index contributed by atoms with van der Waals surface area (Å²) in [5.41, 5.74) is 5.65. The van der Waals surface area contributed by atoms with E-state index in [1.54, 1.807) is 0 Å². The summed E-state index contributed by atoms with van der Waals surface area (Å²) >= 11 is 0. The summed E-state index contributed by atoms with van der Waals surface area (Å²) in [4.78, 5) is 12.0. The first-order valence-electron chi connectivity index (χ1n) is 5.74. The summed E-state index contributed by atoms with van der Waals surface area (Å²) in [6.07, 6.45) is 0. The highest BCUT2D eigenvalue weighted by molar-refractivity contribution is 6.06. The number of rotatable bonds is 3.